The number of aliphatic hydroxyl groups is 2. The average Bonchev–Trinajstić information content (AvgIpc) is 3.01. The molecule has 1 aliphatic heterocycles. The van der Waals surface area contributed by atoms with Crippen molar-refractivity contribution >= 4 is 35.1 Å². The number of anilines is 2. The Morgan fingerprint density at radius 3 is 2.24 bits per heavy atom. The lowest BCUT2D eigenvalue weighted by Gasteiger charge is -2.28. The number of carbonyl (C=O) groups is 2. The third-order valence-corrected chi connectivity index (χ3v) is 5.45. The standard InChI is InChI=1S/C21H17ClF7N3O5/c1-8(2)32(14-4-3-11(23)17(22)30-14)19(36)37-16-10(21(27,28)29)5-9(20(24,25)26)6-12(16)31-7-13(33)15(34)18(31)35/h3-6,8,13,15,33-34H,7H2,1-2H3/t13-,15-/m0/s1. The Labute approximate surface area is 208 Å². The molecule has 3 rings (SSSR count). The first-order valence-electron chi connectivity index (χ1n) is 10.3. The topological polar surface area (TPSA) is 103 Å². The summed E-state index contributed by atoms with van der Waals surface area (Å²) in [7, 11) is 0. The number of benzene rings is 1. The van der Waals surface area contributed by atoms with Gasteiger partial charge in [-0.05, 0) is 38.1 Å². The van der Waals surface area contributed by atoms with Crippen molar-refractivity contribution in [1.82, 2.24) is 4.98 Å². The number of halogens is 8. The lowest BCUT2D eigenvalue weighted by atomic mass is 10.1. The van der Waals surface area contributed by atoms with E-state index < -0.39 is 82.7 Å². The van der Waals surface area contributed by atoms with Crippen LogP contribution in [-0.2, 0) is 17.1 Å². The number of nitrogens with zero attached hydrogens (tertiary/aromatic N) is 3. The Bertz CT molecular complexity index is 1220. The molecule has 2 amide bonds. The molecule has 0 saturated carbocycles. The summed E-state index contributed by atoms with van der Waals surface area (Å²) in [5.41, 5.74) is -5.08. The Balaban J connectivity index is 2.22. The van der Waals surface area contributed by atoms with Gasteiger partial charge in [0.1, 0.15) is 17.5 Å². The van der Waals surface area contributed by atoms with Crippen molar-refractivity contribution < 1.29 is 55.3 Å². The number of rotatable bonds is 4. The molecular formula is C21H17ClF7N3O5. The Morgan fingerprint density at radius 2 is 1.78 bits per heavy atom. The number of hydrogen-bond donors (Lipinski definition) is 2. The van der Waals surface area contributed by atoms with E-state index in [4.69, 9.17) is 16.3 Å². The molecule has 37 heavy (non-hydrogen) atoms. The molecular weight excluding hydrogens is 543 g/mol. The van der Waals surface area contributed by atoms with Crippen LogP contribution in [0.15, 0.2) is 24.3 Å². The van der Waals surface area contributed by atoms with Crippen molar-refractivity contribution in [3.63, 3.8) is 0 Å². The van der Waals surface area contributed by atoms with Gasteiger partial charge in [-0.25, -0.2) is 14.2 Å². The molecule has 16 heteroatoms. The lowest BCUT2D eigenvalue weighted by Crippen LogP contribution is -2.40. The van der Waals surface area contributed by atoms with Crippen LogP contribution in [0.2, 0.25) is 5.15 Å². The number of alkyl halides is 6. The molecule has 1 aromatic heterocycles. The average molecular weight is 560 g/mol. The Morgan fingerprint density at radius 1 is 1.16 bits per heavy atom. The minimum absolute atomic E-state index is 0.118. The number of aromatic nitrogens is 1. The van der Waals surface area contributed by atoms with Gasteiger partial charge in [-0.3, -0.25) is 9.69 Å². The first-order valence-corrected chi connectivity index (χ1v) is 10.6. The summed E-state index contributed by atoms with van der Waals surface area (Å²) in [4.78, 5) is 29.9. The third-order valence-electron chi connectivity index (χ3n) is 5.18. The number of carbonyl (C=O) groups excluding carboxylic acids is 2. The van der Waals surface area contributed by atoms with Crippen molar-refractivity contribution in [2.45, 2.75) is 44.4 Å². The van der Waals surface area contributed by atoms with E-state index in [1.807, 2.05) is 0 Å². The molecule has 1 fully saturated rings. The first kappa shape index (κ1) is 28.4. The molecule has 2 heterocycles. The van der Waals surface area contributed by atoms with Crippen molar-refractivity contribution in [3.8, 4) is 5.75 Å². The number of β-amino-alcohol motifs (C(OH)–C–C–N with tert-alkyl or cyclic N) is 1. The van der Waals surface area contributed by atoms with Crippen molar-refractivity contribution in [1.29, 1.82) is 0 Å². The molecule has 0 unspecified atom stereocenters. The number of amides is 2. The smallest absolute Gasteiger partial charge is 0.407 e. The lowest BCUT2D eigenvalue weighted by molar-refractivity contribution is -0.143. The molecule has 0 spiro atoms. The molecule has 8 nitrogen and oxygen atoms in total. The molecule has 202 valence electrons. The zero-order chi connectivity index (χ0) is 28.0. The maximum atomic E-state index is 13.9. The molecule has 0 radical (unpaired) electrons. The van der Waals surface area contributed by atoms with Crippen LogP contribution in [-0.4, -0.2) is 52.0 Å². The summed E-state index contributed by atoms with van der Waals surface area (Å²) in [5, 5.41) is 18.8. The second-order valence-electron chi connectivity index (χ2n) is 8.10. The van der Waals surface area contributed by atoms with Gasteiger partial charge in [0.15, 0.2) is 22.8 Å². The highest BCUT2D eigenvalue weighted by atomic mass is 35.5. The van der Waals surface area contributed by atoms with Gasteiger partial charge in [0, 0.05) is 6.04 Å². The van der Waals surface area contributed by atoms with Crippen LogP contribution in [0.5, 0.6) is 5.75 Å². The zero-order valence-corrected chi connectivity index (χ0v) is 19.5. The van der Waals surface area contributed by atoms with E-state index in [1.165, 1.54) is 13.8 Å². The van der Waals surface area contributed by atoms with Crippen LogP contribution in [0.25, 0.3) is 0 Å². The highest BCUT2D eigenvalue weighted by Gasteiger charge is 2.46. The van der Waals surface area contributed by atoms with Crippen LogP contribution in [0.4, 0.5) is 47.0 Å². The van der Waals surface area contributed by atoms with E-state index in [0.29, 0.717) is 4.90 Å². The van der Waals surface area contributed by atoms with E-state index in [9.17, 15) is 50.5 Å². The maximum Gasteiger partial charge on any atom is 0.421 e. The molecule has 2 aromatic rings. The van der Waals surface area contributed by atoms with Crippen molar-refractivity contribution in [2.75, 3.05) is 16.3 Å². The summed E-state index contributed by atoms with van der Waals surface area (Å²) in [6, 6.07) is 0.673. The van der Waals surface area contributed by atoms with E-state index >= 15 is 0 Å². The van der Waals surface area contributed by atoms with Gasteiger partial charge >= 0.3 is 18.4 Å². The minimum atomic E-state index is -5.52. The van der Waals surface area contributed by atoms with Gasteiger partial charge in [-0.1, -0.05) is 11.6 Å². The monoisotopic (exact) mass is 559 g/mol. The van der Waals surface area contributed by atoms with Gasteiger partial charge in [0.2, 0.25) is 0 Å². The summed E-state index contributed by atoms with van der Waals surface area (Å²) >= 11 is 5.62. The summed E-state index contributed by atoms with van der Waals surface area (Å²) in [6.07, 6.45) is -16.4. The number of ether oxygens (including phenoxy) is 1. The van der Waals surface area contributed by atoms with Gasteiger partial charge in [0.25, 0.3) is 5.91 Å². The van der Waals surface area contributed by atoms with E-state index in [-0.39, 0.29) is 22.9 Å². The number of pyridine rings is 1. The van der Waals surface area contributed by atoms with Gasteiger partial charge in [-0.2, -0.15) is 26.3 Å². The molecule has 1 aliphatic rings. The van der Waals surface area contributed by atoms with Crippen molar-refractivity contribution in [2.24, 2.45) is 0 Å². The highest BCUT2D eigenvalue weighted by Crippen LogP contribution is 2.47. The molecule has 0 aliphatic carbocycles. The van der Waals surface area contributed by atoms with Gasteiger partial charge in [0.05, 0.1) is 17.8 Å². The number of hydrogen-bond acceptors (Lipinski definition) is 6. The van der Waals surface area contributed by atoms with Gasteiger partial charge < -0.3 is 19.8 Å². The normalized spacial score (nSPS) is 18.5. The fraction of sp³-hybridized carbons (Fsp3) is 0.381. The Kier molecular flexibility index (Phi) is 7.63. The summed E-state index contributed by atoms with van der Waals surface area (Å²) in [6.45, 7) is 1.84. The fourth-order valence-corrected chi connectivity index (χ4v) is 3.61. The summed E-state index contributed by atoms with van der Waals surface area (Å²) in [5.74, 6) is -4.27. The van der Waals surface area contributed by atoms with Crippen LogP contribution in [0, 0.1) is 5.82 Å². The predicted octanol–water partition coefficient (Wildman–Crippen LogP) is 4.39. The quantitative estimate of drug-likeness (QED) is 0.425. The first-order chi connectivity index (χ1) is 16.9. The largest absolute Gasteiger partial charge is 0.421 e. The minimum Gasteiger partial charge on any atom is -0.407 e. The number of aliphatic hydroxyl groups excluding tert-OH is 2. The molecule has 2 atom stereocenters. The molecule has 0 bridgehead atoms. The highest BCUT2D eigenvalue weighted by molar-refractivity contribution is 6.29. The van der Waals surface area contributed by atoms with Crippen LogP contribution < -0.4 is 14.5 Å². The maximum absolute atomic E-state index is 13.9. The van der Waals surface area contributed by atoms with Crippen LogP contribution >= 0.6 is 11.6 Å². The van der Waals surface area contributed by atoms with Crippen LogP contribution in [0.3, 0.4) is 0 Å². The summed E-state index contributed by atoms with van der Waals surface area (Å²) < 4.78 is 101. The zero-order valence-electron chi connectivity index (χ0n) is 18.7. The van der Waals surface area contributed by atoms with Gasteiger partial charge in [-0.15, -0.1) is 0 Å². The SMILES string of the molecule is CC(C)N(C(=O)Oc1c(N2C[C@H](O)[C@H](O)C2=O)cc(C(F)(F)F)cc1C(F)(F)F)c1ccc(F)c(Cl)n1. The van der Waals surface area contributed by atoms with E-state index in [2.05, 4.69) is 4.98 Å². The van der Waals surface area contributed by atoms with Crippen molar-refractivity contribution in [3.05, 3.63) is 46.4 Å². The van der Waals surface area contributed by atoms with E-state index in [0.717, 1.165) is 12.1 Å². The second-order valence-corrected chi connectivity index (χ2v) is 8.46. The molecule has 2 N–H and O–H groups in total. The second kappa shape index (κ2) is 9.95. The Hall–Kier alpha value is -3.17. The third kappa shape index (κ3) is 5.72. The molecule has 1 aromatic carbocycles. The van der Waals surface area contributed by atoms with Crippen LogP contribution in [0.1, 0.15) is 25.0 Å². The van der Waals surface area contributed by atoms with E-state index in [1.54, 1.807) is 0 Å². The fourth-order valence-electron chi connectivity index (χ4n) is 3.46. The predicted molar refractivity (Wildman–Crippen MR) is 114 cm³/mol. The molecule has 1 saturated heterocycles.